The highest BCUT2D eigenvalue weighted by atomic mass is 16.6. The first kappa shape index (κ1) is 19.7. The smallest absolute Gasteiger partial charge is 0.407 e. The molecular weight excluding hydrogens is 294 g/mol. The summed E-state index contributed by atoms with van der Waals surface area (Å²) < 4.78 is 5.01. The number of nitrogens with one attached hydrogen (secondary N) is 2. The Morgan fingerprint density at radius 3 is 2.18 bits per heavy atom. The molecule has 126 valence electrons. The van der Waals surface area contributed by atoms with E-state index in [1.165, 1.54) is 6.92 Å². The van der Waals surface area contributed by atoms with E-state index < -0.39 is 36.0 Å². The van der Waals surface area contributed by atoms with Crippen LogP contribution in [0.5, 0.6) is 0 Å². The molecule has 0 aliphatic carbocycles. The van der Waals surface area contributed by atoms with E-state index in [4.69, 9.17) is 9.84 Å². The van der Waals surface area contributed by atoms with Gasteiger partial charge in [0.05, 0.1) is 6.54 Å². The predicted octanol–water partition coefficient (Wildman–Crippen LogP) is -0.440. The molecule has 0 aromatic rings. The van der Waals surface area contributed by atoms with Crippen LogP contribution in [0.15, 0.2) is 0 Å². The first-order valence-corrected chi connectivity index (χ1v) is 6.72. The van der Waals surface area contributed by atoms with E-state index in [0.717, 1.165) is 4.90 Å². The Bertz CT molecular complexity index is 430. The number of nitrogens with zero attached hydrogens (tertiary/aromatic N) is 1. The molecule has 0 spiro atoms. The number of aliphatic carboxylic acids is 1. The summed E-state index contributed by atoms with van der Waals surface area (Å²) in [6.07, 6.45) is -0.655. The normalized spacial score (nSPS) is 10.5. The second kappa shape index (κ2) is 8.85. The zero-order valence-corrected chi connectivity index (χ0v) is 13.3. The van der Waals surface area contributed by atoms with Crippen LogP contribution >= 0.6 is 0 Å². The number of carboxylic acid groups (broad SMARTS) is 1. The molecule has 3 N–H and O–H groups in total. The lowest BCUT2D eigenvalue weighted by Crippen LogP contribution is -2.46. The van der Waals surface area contributed by atoms with E-state index in [0.29, 0.717) is 0 Å². The number of carbonyl (C=O) groups is 4. The van der Waals surface area contributed by atoms with Crippen molar-refractivity contribution in [3.63, 3.8) is 0 Å². The minimum atomic E-state index is -1.19. The van der Waals surface area contributed by atoms with E-state index in [2.05, 4.69) is 10.6 Å². The molecule has 9 heteroatoms. The van der Waals surface area contributed by atoms with Gasteiger partial charge in [-0.1, -0.05) is 0 Å². The van der Waals surface area contributed by atoms with Gasteiger partial charge in [0.2, 0.25) is 11.8 Å². The maximum Gasteiger partial charge on any atom is 0.407 e. The maximum atomic E-state index is 11.8. The molecule has 0 atom stereocenters. The van der Waals surface area contributed by atoms with Crippen LogP contribution in [0, 0.1) is 0 Å². The van der Waals surface area contributed by atoms with Crippen molar-refractivity contribution in [2.45, 2.75) is 33.3 Å². The summed E-state index contributed by atoms with van der Waals surface area (Å²) in [6, 6.07) is 0. The first-order valence-electron chi connectivity index (χ1n) is 6.72. The fourth-order valence-corrected chi connectivity index (χ4v) is 1.37. The van der Waals surface area contributed by atoms with Gasteiger partial charge in [0, 0.05) is 20.0 Å². The average molecular weight is 317 g/mol. The molecule has 0 saturated carbocycles. The van der Waals surface area contributed by atoms with E-state index >= 15 is 0 Å². The third kappa shape index (κ3) is 10.5. The fourth-order valence-electron chi connectivity index (χ4n) is 1.37. The Labute approximate surface area is 129 Å². The minimum absolute atomic E-state index is 0.00996. The lowest BCUT2D eigenvalue weighted by molar-refractivity contribution is -0.144. The third-order valence-electron chi connectivity index (χ3n) is 2.22. The molecule has 9 nitrogen and oxygen atoms in total. The van der Waals surface area contributed by atoms with Gasteiger partial charge in [-0.15, -0.1) is 0 Å². The van der Waals surface area contributed by atoms with E-state index in [9.17, 15) is 19.2 Å². The van der Waals surface area contributed by atoms with Gasteiger partial charge in [-0.05, 0) is 20.8 Å². The van der Waals surface area contributed by atoms with Gasteiger partial charge in [-0.2, -0.15) is 0 Å². The van der Waals surface area contributed by atoms with Crippen LogP contribution in [0.25, 0.3) is 0 Å². The van der Waals surface area contributed by atoms with Gasteiger partial charge in [0.15, 0.2) is 0 Å². The Morgan fingerprint density at radius 1 is 1.14 bits per heavy atom. The van der Waals surface area contributed by atoms with Crippen LogP contribution in [-0.2, 0) is 19.1 Å². The van der Waals surface area contributed by atoms with Crippen molar-refractivity contribution in [2.24, 2.45) is 0 Å². The van der Waals surface area contributed by atoms with Crippen molar-refractivity contribution in [1.82, 2.24) is 15.5 Å². The number of carbonyl (C=O) groups excluding carboxylic acids is 3. The number of ether oxygens (including phenoxy) is 1. The van der Waals surface area contributed by atoms with Crippen molar-refractivity contribution >= 4 is 23.9 Å². The molecule has 0 aliphatic heterocycles. The second-order valence-electron chi connectivity index (χ2n) is 5.55. The maximum absolute atomic E-state index is 11.8. The standard InChI is InChI=1S/C13H23N3O6/c1-9(17)15-7-10(18)16(8-11(19)20)6-5-14-12(21)22-13(2,3)4/h5-8H2,1-4H3,(H,14,21)(H,15,17)(H,19,20). The second-order valence-corrected chi connectivity index (χ2v) is 5.55. The molecule has 0 unspecified atom stereocenters. The number of amides is 3. The lowest BCUT2D eigenvalue weighted by atomic mass is 10.2. The Balaban J connectivity index is 4.36. The topological polar surface area (TPSA) is 125 Å². The molecule has 0 fully saturated rings. The number of hydrogen-bond acceptors (Lipinski definition) is 5. The Kier molecular flexibility index (Phi) is 7.92. The number of rotatable bonds is 7. The van der Waals surface area contributed by atoms with E-state index in [1.807, 2.05) is 0 Å². The number of carboxylic acids is 1. The highest BCUT2D eigenvalue weighted by Crippen LogP contribution is 2.06. The summed E-state index contributed by atoms with van der Waals surface area (Å²) in [6.45, 7) is 5.58. The van der Waals surface area contributed by atoms with Gasteiger partial charge in [-0.3, -0.25) is 14.4 Å². The average Bonchev–Trinajstić information content (AvgIpc) is 2.31. The molecule has 0 heterocycles. The zero-order chi connectivity index (χ0) is 17.3. The lowest BCUT2D eigenvalue weighted by Gasteiger charge is -2.22. The van der Waals surface area contributed by atoms with E-state index in [-0.39, 0.29) is 19.6 Å². The van der Waals surface area contributed by atoms with Crippen molar-refractivity contribution in [3.05, 3.63) is 0 Å². The van der Waals surface area contributed by atoms with Gasteiger partial charge >= 0.3 is 12.1 Å². The number of hydrogen-bond donors (Lipinski definition) is 3. The van der Waals surface area contributed by atoms with Crippen molar-refractivity contribution in [1.29, 1.82) is 0 Å². The van der Waals surface area contributed by atoms with Crippen molar-refractivity contribution in [2.75, 3.05) is 26.2 Å². The molecule has 22 heavy (non-hydrogen) atoms. The highest BCUT2D eigenvalue weighted by Gasteiger charge is 2.19. The molecule has 0 radical (unpaired) electrons. The van der Waals surface area contributed by atoms with Crippen LogP contribution in [0.2, 0.25) is 0 Å². The SMILES string of the molecule is CC(=O)NCC(=O)N(CCNC(=O)OC(C)(C)C)CC(=O)O. The van der Waals surface area contributed by atoms with Crippen LogP contribution in [0.3, 0.4) is 0 Å². The summed E-state index contributed by atoms with van der Waals surface area (Å²) >= 11 is 0. The zero-order valence-electron chi connectivity index (χ0n) is 13.3. The van der Waals surface area contributed by atoms with E-state index in [1.54, 1.807) is 20.8 Å². The molecule has 0 aromatic heterocycles. The monoisotopic (exact) mass is 317 g/mol. The van der Waals surface area contributed by atoms with Crippen LogP contribution < -0.4 is 10.6 Å². The summed E-state index contributed by atoms with van der Waals surface area (Å²) in [5.41, 5.74) is -0.647. The molecule has 0 aromatic carbocycles. The van der Waals surface area contributed by atoms with Gasteiger partial charge in [-0.25, -0.2) is 4.79 Å². The van der Waals surface area contributed by atoms with Crippen molar-refractivity contribution in [3.8, 4) is 0 Å². The van der Waals surface area contributed by atoms with Crippen LogP contribution in [0.4, 0.5) is 4.79 Å². The van der Waals surface area contributed by atoms with Crippen LogP contribution in [-0.4, -0.2) is 65.7 Å². The highest BCUT2D eigenvalue weighted by molar-refractivity contribution is 5.86. The Hall–Kier alpha value is -2.32. The third-order valence-corrected chi connectivity index (χ3v) is 2.22. The number of alkyl carbamates (subject to hydrolysis) is 1. The van der Waals surface area contributed by atoms with Gasteiger partial charge < -0.3 is 25.4 Å². The summed E-state index contributed by atoms with van der Waals surface area (Å²) in [4.78, 5) is 45.8. The predicted molar refractivity (Wildman–Crippen MR) is 77.1 cm³/mol. The molecule has 3 amide bonds. The van der Waals surface area contributed by atoms with Gasteiger partial charge in [0.25, 0.3) is 0 Å². The quantitative estimate of drug-likeness (QED) is 0.584. The fraction of sp³-hybridized carbons (Fsp3) is 0.692. The van der Waals surface area contributed by atoms with Crippen LogP contribution in [0.1, 0.15) is 27.7 Å². The summed E-state index contributed by atoms with van der Waals surface area (Å²) in [5.74, 6) is -2.13. The first-order chi connectivity index (χ1) is 10.0. The largest absolute Gasteiger partial charge is 0.480 e. The Morgan fingerprint density at radius 2 is 1.73 bits per heavy atom. The molecule has 0 aliphatic rings. The molecule has 0 saturated heterocycles. The minimum Gasteiger partial charge on any atom is -0.480 e. The molecule has 0 bridgehead atoms. The van der Waals surface area contributed by atoms with Gasteiger partial charge in [0.1, 0.15) is 12.1 Å². The molecular formula is C13H23N3O6. The van der Waals surface area contributed by atoms with Crippen molar-refractivity contribution < 1.29 is 29.0 Å². The summed E-state index contributed by atoms with van der Waals surface area (Å²) in [5, 5.41) is 13.5. The molecule has 0 rings (SSSR count). The summed E-state index contributed by atoms with van der Waals surface area (Å²) in [7, 11) is 0.